The first-order valence-electron chi connectivity index (χ1n) is 15.5. The van der Waals surface area contributed by atoms with Gasteiger partial charge in [-0.2, -0.15) is 0 Å². The molecule has 0 amide bonds. The van der Waals surface area contributed by atoms with Crippen LogP contribution in [0.5, 0.6) is 0 Å². The number of fused-ring (bicyclic) bond motifs is 2. The summed E-state index contributed by atoms with van der Waals surface area (Å²) in [5, 5.41) is 34.2. The van der Waals surface area contributed by atoms with E-state index in [1.807, 2.05) is 39.0 Å². The van der Waals surface area contributed by atoms with Crippen molar-refractivity contribution in [2.45, 2.75) is 116 Å². The number of ether oxygens (including phenoxy) is 4. The van der Waals surface area contributed by atoms with Gasteiger partial charge in [0.2, 0.25) is 0 Å². The van der Waals surface area contributed by atoms with E-state index in [9.17, 15) is 20.1 Å². The van der Waals surface area contributed by atoms with Gasteiger partial charge in [-0.3, -0.25) is 4.79 Å². The van der Waals surface area contributed by atoms with Crippen molar-refractivity contribution in [3.8, 4) is 0 Å². The molecular weight excluding hydrogens is 536 g/mol. The van der Waals surface area contributed by atoms with Crippen molar-refractivity contribution in [2.24, 2.45) is 23.7 Å². The molecule has 3 N–H and O–H groups in total. The minimum atomic E-state index is -1.74. The van der Waals surface area contributed by atoms with Crippen molar-refractivity contribution in [3.63, 3.8) is 0 Å². The molecule has 0 radical (unpaired) electrons. The van der Waals surface area contributed by atoms with Gasteiger partial charge >= 0.3 is 5.97 Å². The van der Waals surface area contributed by atoms with E-state index in [0.29, 0.717) is 18.4 Å². The van der Waals surface area contributed by atoms with Gasteiger partial charge in [-0.25, -0.2) is 0 Å². The maximum Gasteiger partial charge on any atom is 0.316 e. The summed E-state index contributed by atoms with van der Waals surface area (Å²) < 4.78 is 25.5. The van der Waals surface area contributed by atoms with E-state index in [2.05, 4.69) is 19.9 Å². The Morgan fingerprint density at radius 3 is 2.62 bits per heavy atom. The van der Waals surface area contributed by atoms with E-state index in [4.69, 9.17) is 18.9 Å². The number of carbonyl (C=O) groups excluding carboxylic acids is 1. The molecule has 8 nitrogen and oxygen atoms in total. The molecule has 0 aromatic rings. The van der Waals surface area contributed by atoms with Crippen LogP contribution < -0.4 is 0 Å². The SMILES string of the molecule is C/C=C(\C)[C@H]1O[C@@]2(C[C@H]3C[C@@H](C/C=C(\C)C[C@@H](C)/C=C/C=C4\OC[C@@H]5[C@@H](O)C(C)=C[C@@H](C(=O)O3)[C@]45O)O2)C[C@H](O)[C@@H]1C. The van der Waals surface area contributed by atoms with Gasteiger partial charge in [-0.05, 0) is 63.7 Å². The molecule has 4 aliphatic heterocycles. The molecule has 0 saturated carbocycles. The fraction of sp³-hybridized carbons (Fsp3) is 0.676. The quantitative estimate of drug-likeness (QED) is 0.301. The molecule has 0 aromatic heterocycles. The molecule has 1 aliphatic carbocycles. The molecule has 3 fully saturated rings. The second-order valence-electron chi connectivity index (χ2n) is 13.3. The van der Waals surface area contributed by atoms with E-state index >= 15 is 0 Å². The van der Waals surface area contributed by atoms with Crippen LogP contribution >= 0.6 is 0 Å². The molecule has 4 heterocycles. The summed E-state index contributed by atoms with van der Waals surface area (Å²) >= 11 is 0. The number of esters is 1. The second kappa shape index (κ2) is 12.0. The van der Waals surface area contributed by atoms with Gasteiger partial charge in [-0.15, -0.1) is 0 Å². The van der Waals surface area contributed by atoms with Gasteiger partial charge in [0, 0.05) is 25.2 Å². The van der Waals surface area contributed by atoms with Gasteiger partial charge in [0.25, 0.3) is 0 Å². The minimum absolute atomic E-state index is 0.0990. The first-order chi connectivity index (χ1) is 19.9. The van der Waals surface area contributed by atoms with Crippen LogP contribution in [0.25, 0.3) is 0 Å². The lowest BCUT2D eigenvalue weighted by atomic mass is 9.68. The average molecular weight is 585 g/mol. The van der Waals surface area contributed by atoms with E-state index in [1.54, 1.807) is 19.1 Å². The predicted octanol–water partition coefficient (Wildman–Crippen LogP) is 4.66. The van der Waals surface area contributed by atoms with Crippen LogP contribution in [0.4, 0.5) is 0 Å². The number of hydrogen-bond donors (Lipinski definition) is 3. The summed E-state index contributed by atoms with van der Waals surface area (Å²) in [6.07, 6.45) is 11.2. The zero-order valence-corrected chi connectivity index (χ0v) is 25.8. The topological polar surface area (TPSA) is 115 Å². The molecule has 42 heavy (non-hydrogen) atoms. The fourth-order valence-corrected chi connectivity index (χ4v) is 7.45. The molecule has 11 atom stereocenters. The van der Waals surface area contributed by atoms with E-state index in [1.165, 1.54) is 5.57 Å². The van der Waals surface area contributed by atoms with Crippen LogP contribution in [0.1, 0.15) is 73.6 Å². The van der Waals surface area contributed by atoms with Crippen LogP contribution in [-0.4, -0.2) is 69.8 Å². The highest BCUT2D eigenvalue weighted by molar-refractivity contribution is 5.78. The van der Waals surface area contributed by atoms with Gasteiger partial charge in [0.15, 0.2) is 5.79 Å². The lowest BCUT2D eigenvalue weighted by Crippen LogP contribution is -2.58. The number of aliphatic hydroxyl groups excluding tert-OH is 2. The zero-order valence-electron chi connectivity index (χ0n) is 25.8. The molecule has 5 rings (SSSR count). The third-order valence-electron chi connectivity index (χ3n) is 10.0. The summed E-state index contributed by atoms with van der Waals surface area (Å²) in [5.41, 5.74) is 1.10. The standard InChI is InChI=1S/C34H48O8/c1-7-21(4)31-23(6)28(35)17-33(42-31)16-25-15-24(41-33)12-11-20(3)13-19(2)9-8-10-29-34(38)26(32(37)40-25)14-22(5)30(36)27(34)18-39-29/h7-11,14,19,23-28,30-31,35-36,38H,12-13,15-18H2,1-6H3/b9-8+,20-11+,21-7+,29-10-/t19-,23-,24+,25+,26-,27+,28-,30-,31+,33-,34+/m0/s1. The molecule has 3 saturated heterocycles. The molecule has 0 aromatic carbocycles. The second-order valence-corrected chi connectivity index (χ2v) is 13.3. The summed E-state index contributed by atoms with van der Waals surface area (Å²) in [5.74, 6) is -3.06. The lowest BCUT2D eigenvalue weighted by Gasteiger charge is -2.51. The van der Waals surface area contributed by atoms with Crippen molar-refractivity contribution < 1.29 is 39.1 Å². The monoisotopic (exact) mass is 584 g/mol. The van der Waals surface area contributed by atoms with E-state index in [-0.39, 0.29) is 49.3 Å². The average Bonchev–Trinajstić information content (AvgIpc) is 3.27. The Bertz CT molecular complexity index is 1200. The first kappa shape index (κ1) is 31.2. The normalized spacial score (nSPS) is 48.1. The molecule has 0 unspecified atom stereocenters. The molecule has 232 valence electrons. The number of carbonyl (C=O) groups is 1. The van der Waals surface area contributed by atoms with E-state index < -0.39 is 47.5 Å². The smallest absolute Gasteiger partial charge is 0.316 e. The Labute approximate surface area is 249 Å². The molecule has 8 heteroatoms. The Morgan fingerprint density at radius 1 is 1.12 bits per heavy atom. The molecule has 5 aliphatic rings. The summed E-state index contributed by atoms with van der Waals surface area (Å²) in [6.45, 7) is 12.0. The summed E-state index contributed by atoms with van der Waals surface area (Å²) in [7, 11) is 0. The highest BCUT2D eigenvalue weighted by atomic mass is 16.7. The number of rotatable bonds is 1. The van der Waals surface area contributed by atoms with Crippen LogP contribution in [-0.2, 0) is 23.7 Å². The predicted molar refractivity (Wildman–Crippen MR) is 158 cm³/mol. The van der Waals surface area contributed by atoms with E-state index in [0.717, 1.165) is 12.0 Å². The summed E-state index contributed by atoms with van der Waals surface area (Å²) in [6, 6.07) is 0. The van der Waals surface area contributed by atoms with Gasteiger partial charge in [0.1, 0.15) is 23.4 Å². The van der Waals surface area contributed by atoms with Crippen LogP contribution in [0, 0.1) is 23.7 Å². The highest BCUT2D eigenvalue weighted by Gasteiger charge is 2.61. The third-order valence-corrected chi connectivity index (χ3v) is 10.0. The Hall–Kier alpha value is -2.23. The van der Waals surface area contributed by atoms with Crippen molar-refractivity contribution in [1.29, 1.82) is 0 Å². The van der Waals surface area contributed by atoms with Crippen molar-refractivity contribution in [3.05, 3.63) is 58.9 Å². The first-order valence-corrected chi connectivity index (χ1v) is 15.5. The third kappa shape index (κ3) is 5.81. The Kier molecular flexibility index (Phi) is 8.95. The summed E-state index contributed by atoms with van der Waals surface area (Å²) in [4.78, 5) is 14.0. The van der Waals surface area contributed by atoms with Crippen molar-refractivity contribution >= 4 is 5.97 Å². The van der Waals surface area contributed by atoms with Gasteiger partial charge in [0.05, 0.1) is 36.9 Å². The molecule has 2 bridgehead atoms. The number of hydrogen-bond acceptors (Lipinski definition) is 8. The van der Waals surface area contributed by atoms with Gasteiger partial charge in [-0.1, -0.05) is 49.8 Å². The maximum absolute atomic E-state index is 14.0. The lowest BCUT2D eigenvalue weighted by molar-refractivity contribution is -0.342. The Morgan fingerprint density at radius 2 is 1.88 bits per heavy atom. The van der Waals surface area contributed by atoms with Crippen LogP contribution in [0.2, 0.25) is 0 Å². The van der Waals surface area contributed by atoms with Crippen LogP contribution in [0.15, 0.2) is 58.9 Å². The van der Waals surface area contributed by atoms with Crippen LogP contribution in [0.3, 0.4) is 0 Å². The minimum Gasteiger partial charge on any atom is -0.494 e. The zero-order chi connectivity index (χ0) is 30.4. The maximum atomic E-state index is 14.0. The fourth-order valence-electron chi connectivity index (χ4n) is 7.45. The number of allylic oxidation sites excluding steroid dienone is 5. The van der Waals surface area contributed by atoms with Gasteiger partial charge < -0.3 is 34.3 Å². The number of aliphatic hydroxyl groups is 3. The highest BCUT2D eigenvalue weighted by Crippen LogP contribution is 2.49. The molecule has 1 spiro atoms. The van der Waals surface area contributed by atoms with Crippen molar-refractivity contribution in [1.82, 2.24) is 0 Å². The van der Waals surface area contributed by atoms with Crippen molar-refractivity contribution in [2.75, 3.05) is 6.61 Å². The largest absolute Gasteiger partial charge is 0.494 e. The molecular formula is C34H48O8. The Balaban J connectivity index is 1.53.